The van der Waals surface area contributed by atoms with Crippen LogP contribution in [0.1, 0.15) is 16.7 Å². The van der Waals surface area contributed by atoms with E-state index in [4.69, 9.17) is 12.2 Å². The van der Waals surface area contributed by atoms with Crippen molar-refractivity contribution in [2.45, 2.75) is 20.8 Å². The molecule has 0 radical (unpaired) electrons. The maximum atomic E-state index is 13.6. The van der Waals surface area contributed by atoms with E-state index in [9.17, 15) is 4.39 Å². The van der Waals surface area contributed by atoms with Crippen molar-refractivity contribution in [2.24, 2.45) is 0 Å². The summed E-state index contributed by atoms with van der Waals surface area (Å²) in [5.41, 5.74) is 10.2. The highest BCUT2D eigenvalue weighted by Crippen LogP contribution is 2.22. The standard InChI is InChI=1S/C19H19FN4S/c1-11-7-8-14(10-16(11)20)21-19(25)24-23-17-9-13(3)15-6-4-5-12(2)18(15)22-17/h4-10H,1-3H3,(H,22,23)(H2,21,24,25). The lowest BCUT2D eigenvalue weighted by Crippen LogP contribution is -2.33. The van der Waals surface area contributed by atoms with Crippen LogP contribution in [0.2, 0.25) is 0 Å². The summed E-state index contributed by atoms with van der Waals surface area (Å²) in [6.45, 7) is 5.79. The zero-order valence-corrected chi connectivity index (χ0v) is 15.1. The second-order valence-corrected chi connectivity index (χ2v) is 6.37. The van der Waals surface area contributed by atoms with Crippen molar-refractivity contribution in [1.82, 2.24) is 10.4 Å². The van der Waals surface area contributed by atoms with Gasteiger partial charge in [-0.05, 0) is 67.9 Å². The molecule has 2 aromatic carbocycles. The lowest BCUT2D eigenvalue weighted by atomic mass is 10.1. The second-order valence-electron chi connectivity index (χ2n) is 5.96. The summed E-state index contributed by atoms with van der Waals surface area (Å²) in [6.07, 6.45) is 0. The van der Waals surface area contributed by atoms with Gasteiger partial charge in [-0.3, -0.25) is 10.9 Å². The number of hydrazine groups is 1. The van der Waals surface area contributed by atoms with E-state index in [0.717, 1.165) is 22.0 Å². The molecule has 0 unspecified atom stereocenters. The number of anilines is 2. The molecule has 0 aliphatic carbocycles. The topological polar surface area (TPSA) is 49.0 Å². The summed E-state index contributed by atoms with van der Waals surface area (Å²) in [5, 5.41) is 4.39. The molecule has 0 saturated carbocycles. The fraction of sp³-hybridized carbons (Fsp3) is 0.158. The Morgan fingerprint density at radius 1 is 1.00 bits per heavy atom. The van der Waals surface area contributed by atoms with E-state index in [2.05, 4.69) is 27.2 Å². The van der Waals surface area contributed by atoms with E-state index in [0.29, 0.717) is 22.2 Å². The van der Waals surface area contributed by atoms with E-state index in [1.165, 1.54) is 6.07 Å². The molecule has 0 fully saturated rings. The van der Waals surface area contributed by atoms with Gasteiger partial charge >= 0.3 is 0 Å². The van der Waals surface area contributed by atoms with E-state index in [1.54, 1.807) is 19.1 Å². The van der Waals surface area contributed by atoms with Gasteiger partial charge in [-0.25, -0.2) is 9.37 Å². The first-order chi connectivity index (χ1) is 11.9. The van der Waals surface area contributed by atoms with Crippen LogP contribution >= 0.6 is 12.2 Å². The number of aromatic nitrogens is 1. The minimum Gasteiger partial charge on any atom is -0.331 e. The van der Waals surface area contributed by atoms with Gasteiger partial charge in [0.2, 0.25) is 0 Å². The number of thiocarbonyl (C=S) groups is 1. The molecule has 3 rings (SSSR count). The lowest BCUT2D eigenvalue weighted by molar-refractivity contribution is 0.619. The van der Waals surface area contributed by atoms with E-state index in [1.807, 2.05) is 32.0 Å². The molecule has 6 heteroatoms. The van der Waals surface area contributed by atoms with Gasteiger partial charge in [0.25, 0.3) is 0 Å². The number of benzene rings is 2. The van der Waals surface area contributed by atoms with Gasteiger partial charge in [-0.2, -0.15) is 0 Å². The monoisotopic (exact) mass is 354 g/mol. The SMILES string of the molecule is Cc1ccc(NC(=S)NNc2cc(C)c3cccc(C)c3n2)cc1F. The molecule has 0 aliphatic heterocycles. The summed E-state index contributed by atoms with van der Waals surface area (Å²) in [7, 11) is 0. The summed E-state index contributed by atoms with van der Waals surface area (Å²) in [5.74, 6) is 0.390. The van der Waals surface area contributed by atoms with Crippen LogP contribution in [0.3, 0.4) is 0 Å². The molecular weight excluding hydrogens is 335 g/mol. The van der Waals surface area contributed by atoms with Crippen molar-refractivity contribution in [1.29, 1.82) is 0 Å². The molecule has 0 spiro atoms. The Hall–Kier alpha value is -2.73. The molecule has 0 saturated heterocycles. The molecule has 3 N–H and O–H groups in total. The average Bonchev–Trinajstić information content (AvgIpc) is 2.57. The van der Waals surface area contributed by atoms with Gasteiger partial charge in [0.05, 0.1) is 5.52 Å². The van der Waals surface area contributed by atoms with Crippen LogP contribution in [0, 0.1) is 26.6 Å². The number of halogens is 1. The van der Waals surface area contributed by atoms with Gasteiger partial charge in [0.15, 0.2) is 5.11 Å². The second kappa shape index (κ2) is 7.03. The number of hydrogen-bond donors (Lipinski definition) is 3. The highest BCUT2D eigenvalue weighted by Gasteiger charge is 2.06. The molecule has 1 heterocycles. The summed E-state index contributed by atoms with van der Waals surface area (Å²) >= 11 is 5.23. The number of fused-ring (bicyclic) bond motifs is 1. The third kappa shape index (κ3) is 3.85. The summed E-state index contributed by atoms with van der Waals surface area (Å²) in [4.78, 5) is 4.62. The average molecular weight is 354 g/mol. The molecule has 128 valence electrons. The first kappa shape index (κ1) is 17.1. The van der Waals surface area contributed by atoms with Gasteiger partial charge in [0, 0.05) is 11.1 Å². The minimum atomic E-state index is -0.275. The molecule has 0 amide bonds. The normalized spacial score (nSPS) is 10.6. The first-order valence-electron chi connectivity index (χ1n) is 7.90. The number of rotatable bonds is 3. The predicted molar refractivity (Wildman–Crippen MR) is 105 cm³/mol. The molecule has 0 aliphatic rings. The largest absolute Gasteiger partial charge is 0.331 e. The highest BCUT2D eigenvalue weighted by molar-refractivity contribution is 7.80. The molecule has 0 atom stereocenters. The molecule has 25 heavy (non-hydrogen) atoms. The zero-order chi connectivity index (χ0) is 18.0. The Labute approximate surface area is 151 Å². The van der Waals surface area contributed by atoms with E-state index >= 15 is 0 Å². The maximum Gasteiger partial charge on any atom is 0.189 e. The molecule has 0 bridgehead atoms. The zero-order valence-electron chi connectivity index (χ0n) is 14.3. The van der Waals surface area contributed by atoms with Gasteiger partial charge in [-0.1, -0.05) is 24.3 Å². The van der Waals surface area contributed by atoms with Gasteiger partial charge in [0.1, 0.15) is 11.6 Å². The number of aryl methyl sites for hydroxylation is 3. The van der Waals surface area contributed by atoms with Gasteiger partial charge < -0.3 is 5.32 Å². The van der Waals surface area contributed by atoms with Crippen LogP contribution in [-0.2, 0) is 0 Å². The van der Waals surface area contributed by atoms with Gasteiger partial charge in [-0.15, -0.1) is 0 Å². The molecular formula is C19H19FN4S. The fourth-order valence-corrected chi connectivity index (χ4v) is 2.75. The lowest BCUT2D eigenvalue weighted by Gasteiger charge is -2.14. The molecule has 4 nitrogen and oxygen atoms in total. The predicted octanol–water partition coefficient (Wildman–Crippen LogP) is 4.61. The Balaban J connectivity index is 1.70. The molecule has 3 aromatic rings. The maximum absolute atomic E-state index is 13.6. The van der Waals surface area contributed by atoms with E-state index in [-0.39, 0.29) is 5.82 Å². The van der Waals surface area contributed by atoms with Crippen LogP contribution in [0.15, 0.2) is 42.5 Å². The van der Waals surface area contributed by atoms with Crippen molar-refractivity contribution >= 4 is 39.7 Å². The van der Waals surface area contributed by atoms with Crippen molar-refractivity contribution in [3.8, 4) is 0 Å². The first-order valence-corrected chi connectivity index (χ1v) is 8.31. The number of nitrogens with one attached hydrogen (secondary N) is 3. The number of hydrogen-bond acceptors (Lipinski definition) is 3. The quantitative estimate of drug-likeness (QED) is 0.474. The Bertz CT molecular complexity index is 956. The third-order valence-electron chi connectivity index (χ3n) is 3.98. The van der Waals surface area contributed by atoms with E-state index < -0.39 is 0 Å². The van der Waals surface area contributed by atoms with Crippen molar-refractivity contribution in [2.75, 3.05) is 10.7 Å². The minimum absolute atomic E-state index is 0.275. The third-order valence-corrected chi connectivity index (χ3v) is 4.19. The van der Waals surface area contributed by atoms with Crippen LogP contribution in [-0.4, -0.2) is 10.1 Å². The summed E-state index contributed by atoms with van der Waals surface area (Å²) in [6, 6.07) is 12.9. The Morgan fingerprint density at radius 3 is 2.56 bits per heavy atom. The number of para-hydroxylation sites is 1. The Morgan fingerprint density at radius 2 is 1.80 bits per heavy atom. The van der Waals surface area contributed by atoms with Crippen molar-refractivity contribution < 1.29 is 4.39 Å². The smallest absolute Gasteiger partial charge is 0.189 e. The van der Waals surface area contributed by atoms with Crippen LogP contribution in [0.4, 0.5) is 15.9 Å². The summed E-state index contributed by atoms with van der Waals surface area (Å²) < 4.78 is 13.6. The molecule has 1 aromatic heterocycles. The number of nitrogens with zero attached hydrogens (tertiary/aromatic N) is 1. The van der Waals surface area contributed by atoms with Crippen molar-refractivity contribution in [3.63, 3.8) is 0 Å². The Kier molecular flexibility index (Phi) is 4.81. The van der Waals surface area contributed by atoms with Crippen molar-refractivity contribution in [3.05, 3.63) is 65.0 Å². The van der Waals surface area contributed by atoms with Crippen LogP contribution in [0.25, 0.3) is 10.9 Å². The van der Waals surface area contributed by atoms with Crippen LogP contribution < -0.4 is 16.2 Å². The highest BCUT2D eigenvalue weighted by atomic mass is 32.1. The van der Waals surface area contributed by atoms with Crippen LogP contribution in [0.5, 0.6) is 0 Å². The fourth-order valence-electron chi connectivity index (χ4n) is 2.58. The number of pyridine rings is 1.